The number of hydrogen-bond acceptors (Lipinski definition) is 6. The fourth-order valence-corrected chi connectivity index (χ4v) is 18.3. The van der Waals surface area contributed by atoms with E-state index in [4.69, 9.17) is 24.7 Å². The molecule has 0 bridgehead atoms. The van der Waals surface area contributed by atoms with E-state index in [1.165, 1.54) is 0 Å². The molecule has 1 heterocycles. The van der Waals surface area contributed by atoms with Crippen molar-refractivity contribution in [1.82, 2.24) is 0 Å². The summed E-state index contributed by atoms with van der Waals surface area (Å²) in [4.78, 5) is 0. The molecule has 0 aliphatic carbocycles. The fraction of sp³-hybridized carbons (Fsp3) is 0. The molecule has 0 radical (unpaired) electrons. The average molecular weight is 433 g/mol. The van der Waals surface area contributed by atoms with Crippen LogP contribution in [0.2, 0.25) is 0 Å². The summed E-state index contributed by atoms with van der Waals surface area (Å²) in [6.45, 7) is 22.7. The van der Waals surface area contributed by atoms with Gasteiger partial charge in [0.2, 0.25) is 0 Å². The van der Waals surface area contributed by atoms with Gasteiger partial charge in [-0.15, -0.1) is 39.5 Å². The van der Waals surface area contributed by atoms with Gasteiger partial charge in [0.05, 0.1) is 0 Å². The van der Waals surface area contributed by atoms with Crippen LogP contribution in [0.4, 0.5) is 0 Å². The van der Waals surface area contributed by atoms with Crippen LogP contribution in [0.3, 0.4) is 0 Å². The first-order valence-electron chi connectivity index (χ1n) is 7.28. The standard InChI is InChI=1S/C12H24O6Si6/c1-7-19-13-20(8-2)15-22(10-4)17-24(12-6)18-23(11-5)16-21(9-3)14-19/h7-12,19-24H,1-6H2. The zero-order chi connectivity index (χ0) is 17.9. The van der Waals surface area contributed by atoms with E-state index in [1.54, 1.807) is 34.2 Å². The molecular weight excluding hydrogens is 409 g/mol. The predicted octanol–water partition coefficient (Wildman–Crippen LogP) is -0.226. The minimum atomic E-state index is -2.16. The van der Waals surface area contributed by atoms with Crippen molar-refractivity contribution in [2.45, 2.75) is 0 Å². The van der Waals surface area contributed by atoms with E-state index in [0.717, 1.165) is 0 Å². The second-order valence-corrected chi connectivity index (χ2v) is 18.2. The molecule has 0 aromatic heterocycles. The van der Waals surface area contributed by atoms with E-state index >= 15 is 0 Å². The summed E-state index contributed by atoms with van der Waals surface area (Å²) in [7, 11) is -13.0. The molecule has 0 amide bonds. The van der Waals surface area contributed by atoms with Crippen molar-refractivity contribution < 1.29 is 24.7 Å². The number of hydrogen-bond donors (Lipinski definition) is 0. The number of rotatable bonds is 6. The SMILES string of the molecule is C=C[SiH]1O[SiH](C=C)O[SiH](C=C)O[SiH](C=C)O[SiH](C=C)O[SiH](C=C)O1. The van der Waals surface area contributed by atoms with E-state index in [9.17, 15) is 0 Å². The Kier molecular flexibility index (Phi) is 10.7. The second kappa shape index (κ2) is 12.0. The van der Waals surface area contributed by atoms with Crippen molar-refractivity contribution in [3.8, 4) is 0 Å². The summed E-state index contributed by atoms with van der Waals surface area (Å²) in [6.07, 6.45) is 0. The minimum Gasteiger partial charge on any atom is -0.414 e. The molecule has 0 aromatic carbocycles. The Balaban J connectivity index is 3.04. The van der Waals surface area contributed by atoms with E-state index in [1.807, 2.05) is 0 Å². The summed E-state index contributed by atoms with van der Waals surface area (Å²) in [5.41, 5.74) is 10.1. The summed E-state index contributed by atoms with van der Waals surface area (Å²) in [5, 5.41) is 0. The molecular formula is C12H24O6Si6. The van der Waals surface area contributed by atoms with Crippen LogP contribution >= 0.6 is 0 Å². The van der Waals surface area contributed by atoms with Gasteiger partial charge in [-0.3, -0.25) is 0 Å². The predicted molar refractivity (Wildman–Crippen MR) is 111 cm³/mol. The van der Waals surface area contributed by atoms with Gasteiger partial charge in [-0.1, -0.05) is 34.2 Å². The molecule has 0 N–H and O–H groups in total. The molecule has 1 fully saturated rings. The van der Waals surface area contributed by atoms with Crippen molar-refractivity contribution in [2.75, 3.05) is 0 Å². The quantitative estimate of drug-likeness (QED) is 0.541. The minimum absolute atomic E-state index is 1.68. The molecule has 1 aliphatic rings. The van der Waals surface area contributed by atoms with Crippen molar-refractivity contribution in [3.05, 3.63) is 73.7 Å². The Hall–Kier alpha value is -0.499. The third-order valence-electron chi connectivity index (χ3n) is 2.76. The first-order valence-corrected chi connectivity index (χ1v) is 16.9. The molecule has 6 nitrogen and oxygen atoms in total. The zero-order valence-electron chi connectivity index (χ0n) is 13.6. The van der Waals surface area contributed by atoms with Crippen molar-refractivity contribution >= 4 is 55.7 Å². The largest absolute Gasteiger partial charge is 0.414 e. The monoisotopic (exact) mass is 432 g/mol. The molecule has 0 saturated carbocycles. The van der Waals surface area contributed by atoms with E-state index in [-0.39, 0.29) is 0 Å². The topological polar surface area (TPSA) is 55.4 Å². The van der Waals surface area contributed by atoms with Gasteiger partial charge in [0, 0.05) is 0 Å². The molecule has 0 aromatic rings. The van der Waals surface area contributed by atoms with Gasteiger partial charge >= 0.3 is 55.7 Å². The maximum atomic E-state index is 5.97. The molecule has 1 saturated heterocycles. The van der Waals surface area contributed by atoms with Gasteiger partial charge in [-0.25, -0.2) is 0 Å². The summed E-state index contributed by atoms with van der Waals surface area (Å²) >= 11 is 0. The molecule has 0 spiro atoms. The van der Waals surface area contributed by atoms with Gasteiger partial charge < -0.3 is 24.7 Å². The van der Waals surface area contributed by atoms with Crippen molar-refractivity contribution in [2.24, 2.45) is 0 Å². The molecule has 1 aliphatic heterocycles. The highest BCUT2D eigenvalue weighted by Gasteiger charge is 2.30. The highest BCUT2D eigenvalue weighted by molar-refractivity contribution is 6.79. The van der Waals surface area contributed by atoms with Crippen LogP contribution in [0.5, 0.6) is 0 Å². The van der Waals surface area contributed by atoms with Crippen LogP contribution in [-0.2, 0) is 24.7 Å². The van der Waals surface area contributed by atoms with Gasteiger partial charge in [-0.2, -0.15) is 0 Å². The Labute approximate surface area is 154 Å². The molecule has 1 rings (SSSR count). The van der Waals surface area contributed by atoms with E-state index in [0.29, 0.717) is 0 Å². The maximum absolute atomic E-state index is 5.97. The maximum Gasteiger partial charge on any atom is 0.330 e. The van der Waals surface area contributed by atoms with Crippen LogP contribution in [0.15, 0.2) is 73.7 Å². The second-order valence-electron chi connectivity index (χ2n) is 4.44. The third kappa shape index (κ3) is 7.17. The summed E-state index contributed by atoms with van der Waals surface area (Å²) in [5.74, 6) is 0. The van der Waals surface area contributed by atoms with Gasteiger partial charge in [-0.05, 0) is 0 Å². The van der Waals surface area contributed by atoms with Gasteiger partial charge in [0.25, 0.3) is 0 Å². The average Bonchev–Trinajstić information content (AvgIpc) is 2.61. The van der Waals surface area contributed by atoms with Crippen LogP contribution in [-0.4, -0.2) is 55.7 Å². The lowest BCUT2D eigenvalue weighted by Gasteiger charge is -2.29. The first kappa shape index (κ1) is 21.5. The Morgan fingerprint density at radius 1 is 0.333 bits per heavy atom. The molecule has 0 unspecified atom stereocenters. The highest BCUT2D eigenvalue weighted by atomic mass is 28.5. The summed E-state index contributed by atoms with van der Waals surface area (Å²) in [6, 6.07) is 0. The zero-order valence-corrected chi connectivity index (χ0v) is 20.5. The van der Waals surface area contributed by atoms with Crippen LogP contribution < -0.4 is 0 Å². The van der Waals surface area contributed by atoms with Gasteiger partial charge in [0.1, 0.15) is 0 Å². The van der Waals surface area contributed by atoms with E-state index in [2.05, 4.69) is 39.5 Å². The first-order chi connectivity index (χ1) is 11.6. The van der Waals surface area contributed by atoms with Crippen molar-refractivity contribution in [3.63, 3.8) is 0 Å². The molecule has 132 valence electrons. The third-order valence-corrected chi connectivity index (χ3v) is 17.9. The Morgan fingerprint density at radius 2 is 0.458 bits per heavy atom. The highest BCUT2D eigenvalue weighted by Crippen LogP contribution is 2.10. The molecule has 12 heteroatoms. The Bertz CT molecular complexity index is 356. The molecule has 0 atom stereocenters. The lowest BCUT2D eigenvalue weighted by molar-refractivity contribution is 0.307. The van der Waals surface area contributed by atoms with Crippen molar-refractivity contribution in [1.29, 1.82) is 0 Å². The Morgan fingerprint density at radius 3 is 0.542 bits per heavy atom. The fourth-order valence-electron chi connectivity index (χ4n) is 1.65. The van der Waals surface area contributed by atoms with Crippen LogP contribution in [0.1, 0.15) is 0 Å². The van der Waals surface area contributed by atoms with Gasteiger partial charge in [0.15, 0.2) is 0 Å². The summed E-state index contributed by atoms with van der Waals surface area (Å²) < 4.78 is 35.8. The normalized spacial score (nSPS) is 35.5. The van der Waals surface area contributed by atoms with Crippen LogP contribution in [0.25, 0.3) is 0 Å². The van der Waals surface area contributed by atoms with Crippen LogP contribution in [0, 0.1) is 0 Å². The lowest BCUT2D eigenvalue weighted by Crippen LogP contribution is -2.46. The van der Waals surface area contributed by atoms with E-state index < -0.39 is 55.7 Å². The smallest absolute Gasteiger partial charge is 0.330 e. The molecule has 24 heavy (non-hydrogen) atoms. The lowest BCUT2D eigenvalue weighted by atomic mass is 11.3.